The zero-order valence-electron chi connectivity index (χ0n) is 6.70. The molecule has 3 nitrogen and oxygen atoms in total. The van der Waals surface area contributed by atoms with Crippen LogP contribution in [0.2, 0.25) is 0 Å². The van der Waals surface area contributed by atoms with Gasteiger partial charge in [0, 0.05) is 11.3 Å². The van der Waals surface area contributed by atoms with Gasteiger partial charge in [0.2, 0.25) is 0 Å². The van der Waals surface area contributed by atoms with Crippen molar-refractivity contribution >= 4 is 11.7 Å². The predicted molar refractivity (Wildman–Crippen MR) is 45.3 cm³/mol. The van der Waals surface area contributed by atoms with Gasteiger partial charge in [0.15, 0.2) is 12.2 Å². The van der Waals surface area contributed by atoms with Gasteiger partial charge < -0.3 is 10.4 Å². The van der Waals surface area contributed by atoms with Gasteiger partial charge in [-0.3, -0.25) is 0 Å². The molecule has 0 bridgehead atoms. The van der Waals surface area contributed by atoms with E-state index in [4.69, 9.17) is 5.11 Å². The summed E-state index contributed by atoms with van der Waals surface area (Å²) in [5.41, 5.74) is 0.998. The third-order valence-electron chi connectivity index (χ3n) is 2.13. The second kappa shape index (κ2) is 2.73. The van der Waals surface area contributed by atoms with Gasteiger partial charge in [-0.25, -0.2) is 9.18 Å². The van der Waals surface area contributed by atoms with Gasteiger partial charge in [-0.05, 0) is 6.07 Å². The summed E-state index contributed by atoms with van der Waals surface area (Å²) in [5, 5.41) is 11.3. The molecular weight excluding hydrogens is 173 g/mol. The Morgan fingerprint density at radius 3 is 2.77 bits per heavy atom. The van der Waals surface area contributed by atoms with E-state index in [2.05, 4.69) is 5.32 Å². The number of hydrogen-bond acceptors (Lipinski definition) is 2. The monoisotopic (exact) mass is 181 g/mol. The second-order valence-corrected chi connectivity index (χ2v) is 2.95. The first kappa shape index (κ1) is 8.04. The van der Waals surface area contributed by atoms with E-state index in [-0.39, 0.29) is 0 Å². The lowest BCUT2D eigenvalue weighted by Crippen LogP contribution is -2.28. The van der Waals surface area contributed by atoms with Gasteiger partial charge >= 0.3 is 5.97 Å². The number of hydrogen-bond donors (Lipinski definition) is 2. The lowest BCUT2D eigenvalue weighted by Gasteiger charge is -2.06. The molecule has 1 aliphatic heterocycles. The molecule has 2 N–H and O–H groups in total. The fraction of sp³-hybridized carbons (Fsp3) is 0.222. The molecule has 4 heteroatoms. The minimum Gasteiger partial charge on any atom is -0.480 e. The Kier molecular flexibility index (Phi) is 1.69. The SMILES string of the molecule is O=C(O)C1Nc2ccccc2C1F. The summed E-state index contributed by atoms with van der Waals surface area (Å²) in [6.45, 7) is 0. The summed E-state index contributed by atoms with van der Waals surface area (Å²) in [6.07, 6.45) is -1.45. The van der Waals surface area contributed by atoms with Crippen LogP contribution in [0.4, 0.5) is 10.1 Å². The Balaban J connectivity index is 2.38. The molecule has 1 aromatic rings. The third kappa shape index (κ3) is 1.14. The zero-order valence-corrected chi connectivity index (χ0v) is 6.70. The van der Waals surface area contributed by atoms with E-state index < -0.39 is 18.2 Å². The summed E-state index contributed by atoms with van der Waals surface area (Å²) in [6, 6.07) is 5.55. The highest BCUT2D eigenvalue weighted by Crippen LogP contribution is 2.36. The van der Waals surface area contributed by atoms with Crippen molar-refractivity contribution in [3.63, 3.8) is 0 Å². The number of halogens is 1. The lowest BCUT2D eigenvalue weighted by molar-refractivity contribution is -0.139. The van der Waals surface area contributed by atoms with Gasteiger partial charge in [0.25, 0.3) is 0 Å². The molecule has 0 fully saturated rings. The molecule has 0 aliphatic carbocycles. The van der Waals surface area contributed by atoms with Crippen molar-refractivity contribution in [1.29, 1.82) is 0 Å². The number of carboxylic acid groups (broad SMARTS) is 1. The highest BCUT2D eigenvalue weighted by molar-refractivity contribution is 5.82. The maximum absolute atomic E-state index is 13.4. The van der Waals surface area contributed by atoms with Crippen LogP contribution in [-0.4, -0.2) is 17.1 Å². The fourth-order valence-electron chi connectivity index (χ4n) is 1.48. The van der Waals surface area contributed by atoms with Crippen LogP contribution in [-0.2, 0) is 4.79 Å². The van der Waals surface area contributed by atoms with Crippen molar-refractivity contribution in [3.05, 3.63) is 29.8 Å². The van der Waals surface area contributed by atoms with Crippen LogP contribution >= 0.6 is 0 Å². The standard InChI is InChI=1S/C9H8FNO2/c10-7-5-3-1-2-4-6(5)11-8(7)9(12)13/h1-4,7-8,11H,(H,12,13). The second-order valence-electron chi connectivity index (χ2n) is 2.95. The number of para-hydroxylation sites is 1. The molecule has 2 rings (SSSR count). The van der Waals surface area contributed by atoms with Crippen LogP contribution in [0, 0.1) is 0 Å². The van der Waals surface area contributed by atoms with Crippen molar-refractivity contribution < 1.29 is 14.3 Å². The van der Waals surface area contributed by atoms with E-state index in [1.54, 1.807) is 24.3 Å². The summed E-state index contributed by atoms with van der Waals surface area (Å²) in [5.74, 6) is -1.16. The molecule has 0 spiro atoms. The number of carbonyl (C=O) groups is 1. The Hall–Kier alpha value is -1.58. The zero-order chi connectivity index (χ0) is 9.42. The molecular formula is C9H8FNO2. The maximum Gasteiger partial charge on any atom is 0.329 e. The van der Waals surface area contributed by atoms with Crippen molar-refractivity contribution in [3.8, 4) is 0 Å². The number of alkyl halides is 1. The van der Waals surface area contributed by atoms with Crippen molar-refractivity contribution in [1.82, 2.24) is 0 Å². The summed E-state index contributed by atoms with van der Waals surface area (Å²) >= 11 is 0. The summed E-state index contributed by atoms with van der Waals surface area (Å²) < 4.78 is 13.4. The highest BCUT2D eigenvalue weighted by Gasteiger charge is 2.36. The van der Waals surface area contributed by atoms with Gasteiger partial charge in [0.1, 0.15) is 0 Å². The Morgan fingerprint density at radius 1 is 1.46 bits per heavy atom. The molecule has 0 aromatic heterocycles. The first-order chi connectivity index (χ1) is 6.20. The van der Waals surface area contributed by atoms with Crippen molar-refractivity contribution in [2.75, 3.05) is 5.32 Å². The quantitative estimate of drug-likeness (QED) is 0.691. The first-order valence-electron chi connectivity index (χ1n) is 3.92. The molecule has 0 radical (unpaired) electrons. The molecule has 1 aliphatic rings. The number of carboxylic acids is 1. The number of rotatable bonds is 1. The Labute approximate surface area is 74.2 Å². The van der Waals surface area contributed by atoms with Crippen LogP contribution in [0.25, 0.3) is 0 Å². The van der Waals surface area contributed by atoms with Crippen LogP contribution in [0.5, 0.6) is 0 Å². The van der Waals surface area contributed by atoms with E-state index in [9.17, 15) is 9.18 Å². The van der Waals surface area contributed by atoms with E-state index in [1.165, 1.54) is 0 Å². The number of fused-ring (bicyclic) bond motifs is 1. The molecule has 1 aromatic carbocycles. The van der Waals surface area contributed by atoms with Gasteiger partial charge in [0.05, 0.1) is 0 Å². The lowest BCUT2D eigenvalue weighted by atomic mass is 10.1. The average molecular weight is 181 g/mol. The first-order valence-corrected chi connectivity index (χ1v) is 3.92. The van der Waals surface area contributed by atoms with Gasteiger partial charge in [-0.1, -0.05) is 18.2 Å². The molecule has 2 atom stereocenters. The minimum atomic E-state index is -1.45. The Morgan fingerprint density at radius 2 is 2.15 bits per heavy atom. The number of aliphatic carboxylic acids is 1. The van der Waals surface area contributed by atoms with Crippen molar-refractivity contribution in [2.45, 2.75) is 12.2 Å². The third-order valence-corrected chi connectivity index (χ3v) is 2.13. The average Bonchev–Trinajstić information content (AvgIpc) is 2.45. The van der Waals surface area contributed by atoms with Crippen molar-refractivity contribution in [2.24, 2.45) is 0 Å². The number of anilines is 1. The summed E-state index contributed by atoms with van der Waals surface area (Å²) in [7, 11) is 0. The van der Waals surface area contributed by atoms with E-state index >= 15 is 0 Å². The number of benzene rings is 1. The molecule has 13 heavy (non-hydrogen) atoms. The smallest absolute Gasteiger partial charge is 0.329 e. The fourth-order valence-corrected chi connectivity index (χ4v) is 1.48. The van der Waals surface area contributed by atoms with E-state index in [1.807, 2.05) is 0 Å². The maximum atomic E-state index is 13.4. The van der Waals surface area contributed by atoms with Gasteiger partial charge in [-0.15, -0.1) is 0 Å². The summed E-state index contributed by atoms with van der Waals surface area (Å²) in [4.78, 5) is 10.6. The molecule has 1 heterocycles. The molecule has 0 saturated heterocycles. The van der Waals surface area contributed by atoms with E-state index in [0.717, 1.165) is 0 Å². The molecule has 68 valence electrons. The van der Waals surface area contributed by atoms with E-state index in [0.29, 0.717) is 11.3 Å². The van der Waals surface area contributed by atoms with Crippen LogP contribution in [0.3, 0.4) is 0 Å². The Bertz CT molecular complexity index is 353. The van der Waals surface area contributed by atoms with Crippen LogP contribution < -0.4 is 5.32 Å². The topological polar surface area (TPSA) is 49.3 Å². The highest BCUT2D eigenvalue weighted by atomic mass is 19.1. The largest absolute Gasteiger partial charge is 0.480 e. The molecule has 0 amide bonds. The van der Waals surface area contributed by atoms with Crippen LogP contribution in [0.1, 0.15) is 11.7 Å². The molecule has 2 unspecified atom stereocenters. The normalized spacial score (nSPS) is 25.0. The minimum absolute atomic E-state index is 0.426. The number of nitrogens with one attached hydrogen (secondary N) is 1. The molecule has 0 saturated carbocycles. The van der Waals surface area contributed by atoms with Gasteiger partial charge in [-0.2, -0.15) is 0 Å². The van der Waals surface area contributed by atoms with Crippen LogP contribution in [0.15, 0.2) is 24.3 Å². The predicted octanol–water partition coefficient (Wildman–Crippen LogP) is 1.58.